The van der Waals surface area contributed by atoms with Crippen LogP contribution in [0.1, 0.15) is 17.6 Å². The van der Waals surface area contributed by atoms with Crippen LogP contribution < -0.4 is 4.74 Å². The summed E-state index contributed by atoms with van der Waals surface area (Å²) in [4.78, 5) is 9.17. The van der Waals surface area contributed by atoms with E-state index in [0.717, 1.165) is 51.9 Å². The Kier molecular flexibility index (Phi) is 7.81. The molecule has 4 aromatic rings. The minimum absolute atomic E-state index is 0.248. The SMILES string of the molecule is Cc1nc2cc(OC[C@@H](O)CN3CCN(Cc4cc(-c5ccc(Cl)c(Cl)c5)on4)C[C@@H]3C)ccc2s1. The predicted octanol–water partition coefficient (Wildman–Crippen LogP) is 5.51. The van der Waals surface area contributed by atoms with Crippen molar-refractivity contribution in [2.45, 2.75) is 32.5 Å². The standard InChI is InChI=1S/C26H28Cl2N4O3S/c1-16-12-31(13-19-10-25(35-30-19)18-3-5-22(27)23(28)9-18)7-8-32(16)14-20(33)15-34-21-4-6-26-24(11-21)29-17(2)36-26/h3-6,9-11,16,20,33H,7-8,12-15H2,1-2H3/t16-,20-/m0/s1. The molecule has 1 saturated heterocycles. The fourth-order valence-electron chi connectivity index (χ4n) is 4.51. The van der Waals surface area contributed by atoms with E-state index in [1.165, 1.54) is 0 Å². The van der Waals surface area contributed by atoms with Gasteiger partial charge in [0, 0.05) is 56.5 Å². The number of halogens is 2. The number of aryl methyl sites for hydroxylation is 1. The molecule has 7 nitrogen and oxygen atoms in total. The summed E-state index contributed by atoms with van der Waals surface area (Å²) in [5, 5.41) is 16.9. The molecular weight excluding hydrogens is 519 g/mol. The van der Waals surface area contributed by atoms with Gasteiger partial charge in [-0.05, 0) is 44.2 Å². The number of aromatic nitrogens is 2. The molecule has 0 aliphatic carbocycles. The number of aliphatic hydroxyl groups is 1. The maximum Gasteiger partial charge on any atom is 0.167 e. The van der Waals surface area contributed by atoms with Crippen molar-refractivity contribution in [3.63, 3.8) is 0 Å². The van der Waals surface area contributed by atoms with Crippen molar-refractivity contribution >= 4 is 44.8 Å². The quantitative estimate of drug-likeness (QED) is 0.312. The summed E-state index contributed by atoms with van der Waals surface area (Å²) in [7, 11) is 0. The average molecular weight is 548 g/mol. The van der Waals surface area contributed by atoms with Crippen LogP contribution in [0.2, 0.25) is 10.0 Å². The van der Waals surface area contributed by atoms with Crippen LogP contribution in [0.25, 0.3) is 21.5 Å². The molecule has 2 aromatic carbocycles. The number of piperazine rings is 1. The maximum atomic E-state index is 10.6. The van der Waals surface area contributed by atoms with E-state index < -0.39 is 6.10 Å². The number of thiazole rings is 1. The van der Waals surface area contributed by atoms with Crippen molar-refractivity contribution in [2.75, 3.05) is 32.8 Å². The van der Waals surface area contributed by atoms with Gasteiger partial charge in [-0.15, -0.1) is 11.3 Å². The third kappa shape index (κ3) is 6.02. The molecule has 2 atom stereocenters. The van der Waals surface area contributed by atoms with Crippen molar-refractivity contribution in [1.29, 1.82) is 0 Å². The highest BCUT2D eigenvalue weighted by molar-refractivity contribution is 7.18. The van der Waals surface area contributed by atoms with Crippen molar-refractivity contribution in [3.8, 4) is 17.1 Å². The molecular formula is C26H28Cl2N4O3S. The number of benzene rings is 2. The van der Waals surface area contributed by atoms with Crippen LogP contribution in [-0.4, -0.2) is 70.0 Å². The highest BCUT2D eigenvalue weighted by Crippen LogP contribution is 2.29. The van der Waals surface area contributed by atoms with Crippen LogP contribution in [0.4, 0.5) is 0 Å². The van der Waals surface area contributed by atoms with Crippen LogP contribution in [0.3, 0.4) is 0 Å². The Bertz CT molecular complexity index is 1340. The van der Waals surface area contributed by atoms with Crippen molar-refractivity contribution in [1.82, 2.24) is 19.9 Å². The van der Waals surface area contributed by atoms with E-state index >= 15 is 0 Å². The Morgan fingerprint density at radius 2 is 2.03 bits per heavy atom. The zero-order chi connectivity index (χ0) is 25.2. The van der Waals surface area contributed by atoms with Gasteiger partial charge in [-0.1, -0.05) is 28.4 Å². The molecule has 2 aromatic heterocycles. The summed E-state index contributed by atoms with van der Waals surface area (Å²) in [5.41, 5.74) is 2.65. The van der Waals surface area contributed by atoms with Crippen molar-refractivity contribution < 1.29 is 14.4 Å². The first kappa shape index (κ1) is 25.4. The molecule has 36 heavy (non-hydrogen) atoms. The zero-order valence-corrected chi connectivity index (χ0v) is 22.5. The minimum atomic E-state index is -0.573. The fourth-order valence-corrected chi connectivity index (χ4v) is 5.62. The van der Waals surface area contributed by atoms with Gasteiger partial charge in [-0.25, -0.2) is 4.98 Å². The third-order valence-electron chi connectivity index (χ3n) is 6.35. The Balaban J connectivity index is 1.10. The van der Waals surface area contributed by atoms with Gasteiger partial charge >= 0.3 is 0 Å². The Hall–Kier alpha value is -2.20. The molecule has 0 unspecified atom stereocenters. The van der Waals surface area contributed by atoms with Gasteiger partial charge in [0.25, 0.3) is 0 Å². The Morgan fingerprint density at radius 1 is 1.17 bits per heavy atom. The summed E-state index contributed by atoms with van der Waals surface area (Å²) < 4.78 is 12.5. The van der Waals surface area contributed by atoms with E-state index in [1.54, 1.807) is 23.5 Å². The molecule has 1 aliphatic rings. The number of fused-ring (bicyclic) bond motifs is 1. The van der Waals surface area contributed by atoms with E-state index in [2.05, 4.69) is 26.9 Å². The smallest absolute Gasteiger partial charge is 0.167 e. The van der Waals surface area contributed by atoms with E-state index in [0.29, 0.717) is 34.9 Å². The van der Waals surface area contributed by atoms with Crippen LogP contribution in [0.5, 0.6) is 5.75 Å². The zero-order valence-electron chi connectivity index (χ0n) is 20.2. The highest BCUT2D eigenvalue weighted by atomic mass is 35.5. The maximum absolute atomic E-state index is 10.6. The van der Waals surface area contributed by atoms with Crippen LogP contribution >= 0.6 is 34.5 Å². The summed E-state index contributed by atoms with van der Waals surface area (Å²) in [6.07, 6.45) is -0.573. The van der Waals surface area contributed by atoms with Crippen molar-refractivity contribution in [3.05, 3.63) is 63.2 Å². The molecule has 3 heterocycles. The molecule has 0 radical (unpaired) electrons. The number of aliphatic hydroxyl groups excluding tert-OH is 1. The topological polar surface area (TPSA) is 74.9 Å². The van der Waals surface area contributed by atoms with E-state index in [1.807, 2.05) is 37.3 Å². The number of hydrogen-bond donors (Lipinski definition) is 1. The Morgan fingerprint density at radius 3 is 2.83 bits per heavy atom. The first-order valence-electron chi connectivity index (χ1n) is 11.9. The van der Waals surface area contributed by atoms with Crippen LogP contribution in [-0.2, 0) is 6.54 Å². The molecule has 1 N–H and O–H groups in total. The predicted molar refractivity (Wildman–Crippen MR) is 144 cm³/mol. The number of nitrogens with zero attached hydrogens (tertiary/aromatic N) is 4. The summed E-state index contributed by atoms with van der Waals surface area (Å²) in [6.45, 7) is 8.32. The second-order valence-electron chi connectivity index (χ2n) is 9.22. The molecule has 0 saturated carbocycles. The van der Waals surface area contributed by atoms with Gasteiger partial charge in [0.05, 0.1) is 31.0 Å². The lowest BCUT2D eigenvalue weighted by Gasteiger charge is -2.40. The van der Waals surface area contributed by atoms with Gasteiger partial charge in [-0.2, -0.15) is 0 Å². The van der Waals surface area contributed by atoms with Gasteiger partial charge in [0.1, 0.15) is 18.5 Å². The molecule has 10 heteroatoms. The van der Waals surface area contributed by atoms with E-state index in [4.69, 9.17) is 32.5 Å². The van der Waals surface area contributed by atoms with Gasteiger partial charge in [0.2, 0.25) is 0 Å². The number of rotatable bonds is 8. The Labute approximate surface area is 224 Å². The third-order valence-corrected chi connectivity index (χ3v) is 8.04. The molecule has 1 aliphatic heterocycles. The summed E-state index contributed by atoms with van der Waals surface area (Å²) in [5.74, 6) is 1.40. The second kappa shape index (κ2) is 11.0. The first-order valence-corrected chi connectivity index (χ1v) is 13.5. The molecule has 0 bridgehead atoms. The normalized spacial score (nSPS) is 18.1. The van der Waals surface area contributed by atoms with E-state index in [-0.39, 0.29) is 6.61 Å². The van der Waals surface area contributed by atoms with Crippen LogP contribution in [0.15, 0.2) is 47.0 Å². The van der Waals surface area contributed by atoms with Crippen molar-refractivity contribution in [2.24, 2.45) is 0 Å². The highest BCUT2D eigenvalue weighted by Gasteiger charge is 2.26. The second-order valence-corrected chi connectivity index (χ2v) is 11.3. The lowest BCUT2D eigenvalue weighted by Crippen LogP contribution is -2.53. The van der Waals surface area contributed by atoms with Crippen LogP contribution in [0, 0.1) is 6.92 Å². The summed E-state index contributed by atoms with van der Waals surface area (Å²) >= 11 is 13.8. The van der Waals surface area contributed by atoms with E-state index in [9.17, 15) is 5.11 Å². The number of ether oxygens (including phenoxy) is 1. The molecule has 190 valence electrons. The van der Waals surface area contributed by atoms with Gasteiger partial charge in [0.15, 0.2) is 5.76 Å². The fraction of sp³-hybridized carbons (Fsp3) is 0.385. The number of hydrogen-bond acceptors (Lipinski definition) is 8. The molecule has 0 amide bonds. The molecule has 0 spiro atoms. The lowest BCUT2D eigenvalue weighted by atomic mass is 10.1. The summed E-state index contributed by atoms with van der Waals surface area (Å²) in [6, 6.07) is 13.5. The molecule has 1 fully saturated rings. The van der Waals surface area contributed by atoms with Gasteiger partial charge in [-0.3, -0.25) is 9.80 Å². The largest absolute Gasteiger partial charge is 0.491 e. The minimum Gasteiger partial charge on any atom is -0.491 e. The first-order chi connectivity index (χ1) is 17.3. The number of β-amino-alcohol motifs (C(OH)–C–C–N with tert-alkyl or cyclic N) is 1. The monoisotopic (exact) mass is 546 g/mol. The average Bonchev–Trinajstić information content (AvgIpc) is 3.46. The lowest BCUT2D eigenvalue weighted by molar-refractivity contribution is 0.0192. The van der Waals surface area contributed by atoms with Gasteiger partial charge < -0.3 is 14.4 Å². The molecule has 5 rings (SSSR count).